The van der Waals surface area contributed by atoms with E-state index in [9.17, 15) is 8.42 Å². The van der Waals surface area contributed by atoms with Gasteiger partial charge in [-0.1, -0.05) is 6.92 Å². The maximum atomic E-state index is 12.3. The van der Waals surface area contributed by atoms with Crippen LogP contribution in [0.15, 0.2) is 0 Å². The normalized spacial score (nSPS) is 21.6. The van der Waals surface area contributed by atoms with E-state index in [1.165, 1.54) is 0 Å². The first-order valence-electron chi connectivity index (χ1n) is 6.48. The quantitative estimate of drug-likeness (QED) is 0.909. The minimum Gasteiger partial charge on any atom is -0.282 e. The summed E-state index contributed by atoms with van der Waals surface area (Å²) in [6.07, 6.45) is 2.48. The second kappa shape index (κ2) is 5.01. The van der Waals surface area contributed by atoms with Gasteiger partial charge in [-0.3, -0.25) is 5.10 Å². The predicted octanol–water partition coefficient (Wildman–Crippen LogP) is 1.90. The van der Waals surface area contributed by atoms with Crippen molar-refractivity contribution in [2.45, 2.75) is 46.1 Å². The summed E-state index contributed by atoms with van der Waals surface area (Å²) in [6, 6.07) is -0.0275. The molecule has 1 aliphatic rings. The number of aromatic amines is 1. The van der Waals surface area contributed by atoms with Crippen LogP contribution in [-0.2, 0) is 10.0 Å². The fourth-order valence-corrected chi connectivity index (χ4v) is 4.54. The number of rotatable bonds is 4. The highest BCUT2D eigenvalue weighted by Crippen LogP contribution is 2.36. The zero-order valence-electron chi connectivity index (χ0n) is 11.2. The van der Waals surface area contributed by atoms with Crippen LogP contribution in [0.2, 0.25) is 0 Å². The van der Waals surface area contributed by atoms with Crippen molar-refractivity contribution in [3.05, 3.63) is 17.0 Å². The lowest BCUT2D eigenvalue weighted by atomic mass is 10.0. The van der Waals surface area contributed by atoms with Crippen molar-refractivity contribution in [2.75, 3.05) is 12.3 Å². The molecule has 102 valence electrons. The molecule has 1 aromatic rings. The van der Waals surface area contributed by atoms with E-state index in [4.69, 9.17) is 0 Å². The first-order chi connectivity index (χ1) is 8.47. The summed E-state index contributed by atoms with van der Waals surface area (Å²) < 4.78 is 26.2. The minimum absolute atomic E-state index is 0.0275. The van der Waals surface area contributed by atoms with Crippen LogP contribution in [0.1, 0.15) is 49.2 Å². The van der Waals surface area contributed by atoms with E-state index in [0.29, 0.717) is 13.0 Å². The number of sulfonamides is 1. The second-order valence-electron chi connectivity index (χ2n) is 4.93. The number of aromatic nitrogens is 2. The van der Waals surface area contributed by atoms with Gasteiger partial charge in [0.2, 0.25) is 10.0 Å². The van der Waals surface area contributed by atoms with Crippen LogP contribution in [0, 0.1) is 13.8 Å². The predicted molar refractivity (Wildman–Crippen MR) is 70.8 cm³/mol. The number of hydrogen-bond donors (Lipinski definition) is 1. The SMILES string of the molecule is CCCS(=O)(=O)N1CCC[C@@H]1c1c(C)n[nH]c1C. The average Bonchev–Trinajstić information content (AvgIpc) is 2.86. The molecule has 6 heteroatoms. The maximum absolute atomic E-state index is 12.3. The van der Waals surface area contributed by atoms with Crippen LogP contribution in [0.3, 0.4) is 0 Å². The van der Waals surface area contributed by atoms with Crippen molar-refractivity contribution in [1.82, 2.24) is 14.5 Å². The van der Waals surface area contributed by atoms with Gasteiger partial charge in [-0.15, -0.1) is 0 Å². The first-order valence-corrected chi connectivity index (χ1v) is 8.09. The van der Waals surface area contributed by atoms with Crippen LogP contribution in [0.25, 0.3) is 0 Å². The molecule has 0 spiro atoms. The third-order valence-corrected chi connectivity index (χ3v) is 5.62. The molecule has 2 heterocycles. The van der Waals surface area contributed by atoms with E-state index in [2.05, 4.69) is 10.2 Å². The lowest BCUT2D eigenvalue weighted by Crippen LogP contribution is -2.32. The largest absolute Gasteiger partial charge is 0.282 e. The fourth-order valence-electron chi connectivity index (χ4n) is 2.79. The Morgan fingerprint density at radius 3 is 2.72 bits per heavy atom. The minimum atomic E-state index is -3.13. The van der Waals surface area contributed by atoms with Crippen molar-refractivity contribution in [3.63, 3.8) is 0 Å². The summed E-state index contributed by atoms with van der Waals surface area (Å²) in [6.45, 7) is 6.42. The summed E-state index contributed by atoms with van der Waals surface area (Å²) in [5.74, 6) is 0.236. The molecule has 0 unspecified atom stereocenters. The molecule has 0 aromatic carbocycles. The van der Waals surface area contributed by atoms with E-state index >= 15 is 0 Å². The maximum Gasteiger partial charge on any atom is 0.214 e. The molecule has 0 saturated carbocycles. The molecule has 1 atom stereocenters. The number of H-pyrrole nitrogens is 1. The van der Waals surface area contributed by atoms with Gasteiger partial charge in [0.1, 0.15) is 0 Å². The third kappa shape index (κ3) is 2.31. The molecule has 0 amide bonds. The Morgan fingerprint density at radius 2 is 2.17 bits per heavy atom. The molecule has 0 aliphatic carbocycles. The van der Waals surface area contributed by atoms with Crippen LogP contribution < -0.4 is 0 Å². The van der Waals surface area contributed by atoms with Crippen molar-refractivity contribution >= 4 is 10.0 Å². The molecule has 1 saturated heterocycles. The Hall–Kier alpha value is -0.880. The summed E-state index contributed by atoms with van der Waals surface area (Å²) in [7, 11) is -3.13. The number of hydrogen-bond acceptors (Lipinski definition) is 3. The third-order valence-electron chi connectivity index (χ3n) is 3.54. The van der Waals surface area contributed by atoms with Gasteiger partial charge in [-0.2, -0.15) is 9.40 Å². The van der Waals surface area contributed by atoms with E-state index in [1.807, 2.05) is 20.8 Å². The van der Waals surface area contributed by atoms with Gasteiger partial charge in [0, 0.05) is 17.8 Å². The molecular formula is C12H21N3O2S. The second-order valence-corrected chi connectivity index (χ2v) is 6.97. The van der Waals surface area contributed by atoms with E-state index in [1.54, 1.807) is 4.31 Å². The number of nitrogens with one attached hydrogen (secondary N) is 1. The highest BCUT2D eigenvalue weighted by atomic mass is 32.2. The van der Waals surface area contributed by atoms with Gasteiger partial charge in [0.15, 0.2) is 0 Å². The Labute approximate surface area is 109 Å². The summed E-state index contributed by atoms with van der Waals surface area (Å²) >= 11 is 0. The molecule has 2 rings (SSSR count). The van der Waals surface area contributed by atoms with Gasteiger partial charge in [0.05, 0.1) is 17.5 Å². The Morgan fingerprint density at radius 1 is 1.44 bits per heavy atom. The standard InChI is InChI=1S/C12H21N3O2S/c1-4-8-18(16,17)15-7-5-6-11(15)12-9(2)13-14-10(12)3/h11H,4-8H2,1-3H3,(H,13,14)/t11-/m1/s1. The number of nitrogens with zero attached hydrogens (tertiary/aromatic N) is 2. The van der Waals surface area contributed by atoms with Crippen molar-refractivity contribution in [2.24, 2.45) is 0 Å². The monoisotopic (exact) mass is 271 g/mol. The van der Waals surface area contributed by atoms with E-state index < -0.39 is 10.0 Å². The summed E-state index contributed by atoms with van der Waals surface area (Å²) in [4.78, 5) is 0. The molecule has 0 bridgehead atoms. The van der Waals surface area contributed by atoms with Crippen molar-refractivity contribution < 1.29 is 8.42 Å². The zero-order valence-corrected chi connectivity index (χ0v) is 12.0. The van der Waals surface area contributed by atoms with E-state index in [0.717, 1.165) is 29.8 Å². The smallest absolute Gasteiger partial charge is 0.214 e. The summed E-state index contributed by atoms with van der Waals surface area (Å²) in [5.41, 5.74) is 2.96. The van der Waals surface area contributed by atoms with Crippen LogP contribution >= 0.6 is 0 Å². The van der Waals surface area contributed by atoms with Gasteiger partial charge in [-0.05, 0) is 33.1 Å². The topological polar surface area (TPSA) is 66.1 Å². The molecule has 0 radical (unpaired) electrons. The van der Waals surface area contributed by atoms with Crippen LogP contribution in [0.4, 0.5) is 0 Å². The van der Waals surface area contributed by atoms with E-state index in [-0.39, 0.29) is 11.8 Å². The molecule has 1 aliphatic heterocycles. The molecular weight excluding hydrogens is 250 g/mol. The molecule has 5 nitrogen and oxygen atoms in total. The van der Waals surface area contributed by atoms with Crippen LogP contribution in [0.5, 0.6) is 0 Å². The van der Waals surface area contributed by atoms with Gasteiger partial charge in [-0.25, -0.2) is 8.42 Å². The highest BCUT2D eigenvalue weighted by Gasteiger charge is 2.36. The average molecular weight is 271 g/mol. The summed E-state index contributed by atoms with van der Waals surface area (Å²) in [5, 5.41) is 7.12. The van der Waals surface area contributed by atoms with Crippen LogP contribution in [-0.4, -0.2) is 35.2 Å². The Balaban J connectivity index is 2.34. The van der Waals surface area contributed by atoms with Gasteiger partial charge in [0.25, 0.3) is 0 Å². The molecule has 18 heavy (non-hydrogen) atoms. The molecule has 1 N–H and O–H groups in total. The Kier molecular flexibility index (Phi) is 3.77. The van der Waals surface area contributed by atoms with Gasteiger partial charge < -0.3 is 0 Å². The highest BCUT2D eigenvalue weighted by molar-refractivity contribution is 7.89. The molecule has 1 aromatic heterocycles. The number of aryl methyl sites for hydroxylation is 2. The Bertz CT molecular complexity index is 502. The zero-order chi connectivity index (χ0) is 13.3. The lowest BCUT2D eigenvalue weighted by Gasteiger charge is -2.24. The molecule has 1 fully saturated rings. The fraction of sp³-hybridized carbons (Fsp3) is 0.750. The lowest BCUT2D eigenvalue weighted by molar-refractivity contribution is 0.394. The van der Waals surface area contributed by atoms with Crippen molar-refractivity contribution in [3.8, 4) is 0 Å². The van der Waals surface area contributed by atoms with Crippen molar-refractivity contribution in [1.29, 1.82) is 0 Å². The first kappa shape index (κ1) is 13.5. The van der Waals surface area contributed by atoms with Gasteiger partial charge >= 0.3 is 0 Å².